The number of halogens is 1. The van der Waals surface area contributed by atoms with Gasteiger partial charge in [-0.05, 0) is 0 Å². The number of rotatable bonds is 3. The quantitative estimate of drug-likeness (QED) is 0.215. The SMILES string of the molecule is C=C1C[C@@H](C)C(=O)[C@H](C)C(OC(=O)O)C(C)(C)C(C)OC(=O)[C@H](C)[C@@H](O[C@H]2CC(C)(C)[I-][C@H](C)O2)[C@H](C)C1. The summed E-state index contributed by atoms with van der Waals surface area (Å²) in [5.41, 5.74) is -0.0920. The van der Waals surface area contributed by atoms with Crippen molar-refractivity contribution in [2.24, 2.45) is 29.1 Å². The third-order valence-corrected chi connectivity index (χ3v) is 11.4. The van der Waals surface area contributed by atoms with Crippen LogP contribution in [0.4, 0.5) is 4.79 Å². The number of carbonyl (C=O) groups excluding carboxylic acids is 2. The van der Waals surface area contributed by atoms with E-state index in [-0.39, 0.29) is 46.4 Å². The van der Waals surface area contributed by atoms with Crippen LogP contribution in [0.25, 0.3) is 0 Å². The number of allylic oxidation sites excluding steroid dienone is 1. The second-order valence-corrected chi connectivity index (χ2v) is 17.8. The molecule has 0 spiro atoms. The predicted octanol–water partition coefficient (Wildman–Crippen LogP) is 2.82. The summed E-state index contributed by atoms with van der Waals surface area (Å²) in [6, 6.07) is 0. The molecule has 0 bridgehead atoms. The zero-order chi connectivity index (χ0) is 29.2. The van der Waals surface area contributed by atoms with E-state index in [0.717, 1.165) is 12.0 Å². The minimum atomic E-state index is -1.47. The van der Waals surface area contributed by atoms with E-state index in [4.69, 9.17) is 18.9 Å². The number of hydrogen-bond donors (Lipinski definition) is 1. The van der Waals surface area contributed by atoms with Crippen molar-refractivity contribution >= 4 is 17.9 Å². The van der Waals surface area contributed by atoms with Crippen LogP contribution >= 0.6 is 0 Å². The molecule has 0 aromatic carbocycles. The van der Waals surface area contributed by atoms with E-state index >= 15 is 0 Å². The molecule has 1 N–H and O–H groups in total. The van der Waals surface area contributed by atoms with Crippen LogP contribution in [0.1, 0.15) is 88.5 Å². The van der Waals surface area contributed by atoms with Gasteiger partial charge in [0.2, 0.25) is 0 Å². The second kappa shape index (κ2) is 13.0. The van der Waals surface area contributed by atoms with Gasteiger partial charge in [-0.2, -0.15) is 0 Å². The van der Waals surface area contributed by atoms with E-state index in [0.29, 0.717) is 12.8 Å². The van der Waals surface area contributed by atoms with Gasteiger partial charge in [0.25, 0.3) is 0 Å². The van der Waals surface area contributed by atoms with Gasteiger partial charge in [-0.15, -0.1) is 0 Å². The van der Waals surface area contributed by atoms with Gasteiger partial charge in [0.15, 0.2) is 0 Å². The Morgan fingerprint density at radius 3 is 2.18 bits per heavy atom. The summed E-state index contributed by atoms with van der Waals surface area (Å²) in [5, 5.41) is 9.45. The standard InChI is InChI=1S/C29H48IO8/c1-15-12-16(2)23(31)18(4)25(38-27(33)34)29(10,11)20(6)35-26(32)19(5)24(17(3)13-15)37-22-14-28(8,9)30-21(7)36-22/h16-22,24-25H,1,12-14H2,2-11H3,(H,33,34)/q-1/t16-,17-,18+,19-,20?,21+,22+,24+,25?/m1/s1. The molecule has 8 nitrogen and oxygen atoms in total. The summed E-state index contributed by atoms with van der Waals surface area (Å²) in [6.07, 6.45) is -2.32. The van der Waals surface area contributed by atoms with Crippen molar-refractivity contribution in [2.45, 2.75) is 121 Å². The maximum absolute atomic E-state index is 13.5. The Labute approximate surface area is 238 Å². The Hall–Kier alpha value is -1.20. The molecule has 2 heterocycles. The molecule has 0 aromatic rings. The van der Waals surface area contributed by atoms with Crippen LogP contribution in [0.3, 0.4) is 0 Å². The van der Waals surface area contributed by atoms with Crippen LogP contribution in [0, 0.1) is 29.1 Å². The molecule has 2 fully saturated rings. The number of esters is 1. The van der Waals surface area contributed by atoms with Crippen molar-refractivity contribution < 1.29 is 59.6 Å². The summed E-state index contributed by atoms with van der Waals surface area (Å²) in [6.45, 7) is 23.4. The molecule has 2 aliphatic rings. The number of ketones is 1. The first-order valence-electron chi connectivity index (χ1n) is 13.6. The first-order chi connectivity index (χ1) is 17.4. The fourth-order valence-corrected chi connectivity index (χ4v) is 9.19. The Morgan fingerprint density at radius 2 is 1.63 bits per heavy atom. The zero-order valence-corrected chi connectivity index (χ0v) is 26.9. The second-order valence-electron chi connectivity index (χ2n) is 12.5. The van der Waals surface area contributed by atoms with Crippen molar-refractivity contribution in [3.8, 4) is 0 Å². The summed E-state index contributed by atoms with van der Waals surface area (Å²) >= 11 is -0.151. The van der Waals surface area contributed by atoms with E-state index in [9.17, 15) is 19.5 Å². The predicted molar refractivity (Wildman–Crippen MR) is 140 cm³/mol. The first kappa shape index (κ1) is 33.0. The van der Waals surface area contributed by atoms with Crippen LogP contribution in [0.15, 0.2) is 12.2 Å². The van der Waals surface area contributed by atoms with Crippen LogP contribution in [0.5, 0.6) is 0 Å². The van der Waals surface area contributed by atoms with Gasteiger partial charge in [0.1, 0.15) is 0 Å². The van der Waals surface area contributed by atoms with Crippen LogP contribution in [0.2, 0.25) is 0 Å². The molecule has 9 heteroatoms. The number of Topliss-reactive ketones (excluding diaryl/α,β-unsaturated/α-hetero) is 1. The van der Waals surface area contributed by atoms with Gasteiger partial charge >= 0.3 is 223 Å². The summed E-state index contributed by atoms with van der Waals surface area (Å²) in [4.78, 5) is 38.5. The Morgan fingerprint density at radius 1 is 1.03 bits per heavy atom. The molecule has 220 valence electrons. The average Bonchev–Trinajstić information content (AvgIpc) is 2.77. The monoisotopic (exact) mass is 651 g/mol. The van der Waals surface area contributed by atoms with Gasteiger partial charge in [-0.3, -0.25) is 0 Å². The van der Waals surface area contributed by atoms with Gasteiger partial charge in [0.05, 0.1) is 0 Å². The average molecular weight is 652 g/mol. The molecule has 2 saturated heterocycles. The summed E-state index contributed by atoms with van der Waals surface area (Å²) < 4.78 is 24.2. The van der Waals surface area contributed by atoms with Crippen molar-refractivity contribution in [1.29, 1.82) is 0 Å². The first-order valence-corrected chi connectivity index (χ1v) is 15.9. The van der Waals surface area contributed by atoms with Crippen molar-refractivity contribution in [3.05, 3.63) is 12.2 Å². The van der Waals surface area contributed by atoms with Gasteiger partial charge in [-0.25, -0.2) is 4.79 Å². The number of hydrogen-bond acceptors (Lipinski definition) is 7. The zero-order valence-electron chi connectivity index (χ0n) is 24.7. The Kier molecular flexibility index (Phi) is 11.3. The molecular formula is C29H48IO8-. The Balaban J connectivity index is 2.44. The molecule has 0 radical (unpaired) electrons. The van der Waals surface area contributed by atoms with E-state index in [1.165, 1.54) is 0 Å². The van der Waals surface area contributed by atoms with E-state index < -0.39 is 54.0 Å². The summed E-state index contributed by atoms with van der Waals surface area (Å²) in [7, 11) is 0. The van der Waals surface area contributed by atoms with Crippen LogP contribution < -0.4 is 21.2 Å². The van der Waals surface area contributed by atoms with Crippen LogP contribution in [-0.2, 0) is 28.5 Å². The van der Waals surface area contributed by atoms with Gasteiger partial charge in [-0.1, -0.05) is 6.92 Å². The molecule has 2 unspecified atom stereocenters. The van der Waals surface area contributed by atoms with Gasteiger partial charge in [0, 0.05) is 0 Å². The third kappa shape index (κ3) is 8.40. The van der Waals surface area contributed by atoms with E-state index in [1.54, 1.807) is 27.7 Å². The van der Waals surface area contributed by atoms with Crippen molar-refractivity contribution in [1.82, 2.24) is 0 Å². The number of cyclic esters (lactones) is 1. The van der Waals surface area contributed by atoms with Crippen molar-refractivity contribution in [3.63, 3.8) is 0 Å². The molecule has 0 saturated carbocycles. The molecular weight excluding hydrogens is 603 g/mol. The fourth-order valence-electron chi connectivity index (χ4n) is 5.73. The molecule has 0 aliphatic carbocycles. The summed E-state index contributed by atoms with van der Waals surface area (Å²) in [5.74, 6) is -2.32. The van der Waals surface area contributed by atoms with Crippen LogP contribution in [-0.4, -0.2) is 55.1 Å². The normalized spacial score (nSPS) is 39.3. The fraction of sp³-hybridized carbons (Fsp3) is 0.828. The Bertz CT molecular complexity index is 884. The molecule has 0 aromatic heterocycles. The maximum atomic E-state index is 13.5. The molecule has 2 aliphatic heterocycles. The third-order valence-electron chi connectivity index (χ3n) is 8.07. The number of carbonyl (C=O) groups is 3. The van der Waals surface area contributed by atoms with E-state index in [2.05, 4.69) is 27.4 Å². The molecule has 2 rings (SSSR count). The minimum absolute atomic E-state index is 0.0715. The van der Waals surface area contributed by atoms with Crippen molar-refractivity contribution in [2.75, 3.05) is 0 Å². The topological polar surface area (TPSA) is 108 Å². The van der Waals surface area contributed by atoms with Gasteiger partial charge < -0.3 is 5.11 Å². The number of ether oxygens (including phenoxy) is 4. The molecule has 0 amide bonds. The number of carboxylic acid groups (broad SMARTS) is 1. The molecule has 9 atom stereocenters. The van der Waals surface area contributed by atoms with E-state index in [1.807, 2.05) is 20.8 Å². The number of alkyl halides is 2. The molecule has 38 heavy (non-hydrogen) atoms.